The zero-order valence-corrected chi connectivity index (χ0v) is 15.5. The summed E-state index contributed by atoms with van der Waals surface area (Å²) < 4.78 is 12.1. The lowest BCUT2D eigenvalue weighted by Crippen LogP contribution is -2.34. The van der Waals surface area contributed by atoms with Gasteiger partial charge in [-0.25, -0.2) is 4.79 Å². The number of aromatic amines is 1. The van der Waals surface area contributed by atoms with E-state index in [-0.39, 0.29) is 18.9 Å². The molecule has 1 saturated carbocycles. The highest BCUT2D eigenvalue weighted by molar-refractivity contribution is 5.74. The number of aryl methyl sites for hydroxylation is 1. The van der Waals surface area contributed by atoms with Gasteiger partial charge in [0.25, 0.3) is 5.56 Å². The minimum Gasteiger partial charge on any atom is -0.481 e. The molecule has 2 fully saturated rings. The molecule has 154 valence electrons. The van der Waals surface area contributed by atoms with Crippen LogP contribution in [0.1, 0.15) is 43.9 Å². The molecule has 0 radical (unpaired) electrons. The second-order valence-corrected chi connectivity index (χ2v) is 7.43. The number of ether oxygens (including phenoxy) is 2. The quantitative estimate of drug-likeness (QED) is 0.586. The molecule has 1 saturated heterocycles. The summed E-state index contributed by atoms with van der Waals surface area (Å²) in [5.41, 5.74) is -0.784. The molecule has 1 aliphatic heterocycles. The van der Waals surface area contributed by atoms with Gasteiger partial charge < -0.3 is 19.7 Å². The van der Waals surface area contributed by atoms with Crippen LogP contribution in [-0.4, -0.2) is 50.5 Å². The molecule has 10 nitrogen and oxygen atoms in total. The fourth-order valence-corrected chi connectivity index (χ4v) is 3.69. The third-order valence-corrected chi connectivity index (χ3v) is 5.46. The molecular formula is C18H24N2O8. The van der Waals surface area contributed by atoms with Gasteiger partial charge in [0.15, 0.2) is 0 Å². The predicted molar refractivity (Wildman–Crippen MR) is 94.6 cm³/mol. The summed E-state index contributed by atoms with van der Waals surface area (Å²) in [6.45, 7) is 1.39. The van der Waals surface area contributed by atoms with Crippen LogP contribution in [0.3, 0.4) is 0 Å². The maximum atomic E-state index is 12.2. The normalized spacial score (nSPS) is 30.1. The van der Waals surface area contributed by atoms with Gasteiger partial charge in [-0.15, -0.1) is 0 Å². The van der Waals surface area contributed by atoms with Crippen molar-refractivity contribution in [2.75, 3.05) is 6.61 Å². The van der Waals surface area contributed by atoms with Gasteiger partial charge in [-0.05, 0) is 32.6 Å². The number of nitrogens with one attached hydrogen (secondary N) is 1. The van der Waals surface area contributed by atoms with Gasteiger partial charge in [0.1, 0.15) is 18.9 Å². The third kappa shape index (κ3) is 4.33. The van der Waals surface area contributed by atoms with E-state index in [9.17, 15) is 24.3 Å². The average molecular weight is 396 g/mol. The molecule has 0 bridgehead atoms. The molecule has 3 atom stereocenters. The minimum absolute atomic E-state index is 0.122. The molecule has 3 rings (SSSR count). The van der Waals surface area contributed by atoms with Crippen LogP contribution in [0.2, 0.25) is 0 Å². The van der Waals surface area contributed by atoms with Crippen molar-refractivity contribution in [2.24, 2.45) is 11.8 Å². The van der Waals surface area contributed by atoms with E-state index < -0.39 is 47.5 Å². The van der Waals surface area contributed by atoms with Crippen LogP contribution in [0.15, 0.2) is 15.8 Å². The number of aliphatic carboxylic acids is 1. The van der Waals surface area contributed by atoms with Crippen molar-refractivity contribution in [1.29, 1.82) is 0 Å². The van der Waals surface area contributed by atoms with Crippen LogP contribution in [0.5, 0.6) is 0 Å². The summed E-state index contributed by atoms with van der Waals surface area (Å²) >= 11 is 0. The Morgan fingerprint density at radius 1 is 1.25 bits per heavy atom. The summed E-state index contributed by atoms with van der Waals surface area (Å²) in [5.74, 6) is -2.04. The number of carboxylic acid groups (broad SMARTS) is 1. The van der Waals surface area contributed by atoms with Crippen molar-refractivity contribution in [3.05, 3.63) is 32.6 Å². The van der Waals surface area contributed by atoms with Gasteiger partial charge in [0.2, 0.25) is 0 Å². The average Bonchev–Trinajstić information content (AvgIpc) is 3.03. The topological polar surface area (TPSA) is 148 Å². The Labute approximate surface area is 160 Å². The van der Waals surface area contributed by atoms with Gasteiger partial charge in [-0.1, -0.05) is 0 Å². The van der Waals surface area contributed by atoms with Crippen molar-refractivity contribution in [1.82, 2.24) is 9.55 Å². The Morgan fingerprint density at radius 2 is 1.89 bits per heavy atom. The molecule has 10 heteroatoms. The van der Waals surface area contributed by atoms with E-state index in [2.05, 4.69) is 4.98 Å². The van der Waals surface area contributed by atoms with Crippen LogP contribution in [0.25, 0.3) is 0 Å². The summed E-state index contributed by atoms with van der Waals surface area (Å²) in [7, 11) is 0. The molecule has 1 aromatic heterocycles. The molecule has 3 N–H and O–H groups in total. The van der Waals surface area contributed by atoms with E-state index >= 15 is 0 Å². The number of rotatable bonds is 5. The van der Waals surface area contributed by atoms with E-state index in [0.29, 0.717) is 31.2 Å². The van der Waals surface area contributed by atoms with Crippen molar-refractivity contribution in [2.45, 2.75) is 57.5 Å². The lowest BCUT2D eigenvalue weighted by Gasteiger charge is -2.25. The number of carboxylic acids is 1. The smallest absolute Gasteiger partial charge is 0.330 e. The van der Waals surface area contributed by atoms with E-state index in [1.807, 2.05) is 0 Å². The first kappa shape index (κ1) is 20.3. The fourth-order valence-electron chi connectivity index (χ4n) is 3.69. The predicted octanol–water partition coefficient (Wildman–Crippen LogP) is -0.0724. The summed E-state index contributed by atoms with van der Waals surface area (Å²) in [6.07, 6.45) is 0.792. The fraction of sp³-hybridized carbons (Fsp3) is 0.667. The van der Waals surface area contributed by atoms with Crippen molar-refractivity contribution in [3.63, 3.8) is 0 Å². The number of hydrogen-bond donors (Lipinski definition) is 3. The summed E-state index contributed by atoms with van der Waals surface area (Å²) in [4.78, 5) is 48.8. The first-order chi connectivity index (χ1) is 13.3. The number of nitrogens with zero attached hydrogens (tertiary/aromatic N) is 1. The summed E-state index contributed by atoms with van der Waals surface area (Å²) in [5, 5.41) is 19.2. The van der Waals surface area contributed by atoms with Crippen molar-refractivity contribution >= 4 is 11.9 Å². The maximum absolute atomic E-state index is 12.2. The van der Waals surface area contributed by atoms with Gasteiger partial charge in [-0.2, -0.15) is 0 Å². The molecule has 1 aromatic rings. The monoisotopic (exact) mass is 396 g/mol. The van der Waals surface area contributed by atoms with Crippen LogP contribution < -0.4 is 11.2 Å². The molecule has 0 amide bonds. The van der Waals surface area contributed by atoms with Gasteiger partial charge in [0, 0.05) is 18.2 Å². The van der Waals surface area contributed by atoms with Gasteiger partial charge >= 0.3 is 17.6 Å². The number of hydrogen-bond acceptors (Lipinski definition) is 7. The number of H-pyrrole nitrogens is 1. The number of aliphatic hydroxyl groups excluding tert-OH is 1. The molecule has 0 aromatic carbocycles. The molecule has 2 aliphatic rings. The number of aromatic nitrogens is 2. The maximum Gasteiger partial charge on any atom is 0.330 e. The minimum atomic E-state index is -0.931. The van der Waals surface area contributed by atoms with Crippen LogP contribution in [0.4, 0.5) is 0 Å². The zero-order chi connectivity index (χ0) is 20.4. The SMILES string of the molecule is Cc1cn([C@H]2C[C@H](O)[C@@H](COC(=O)C3CCC(C(=O)O)CC3)O2)c(=O)[nH]c1=O. The standard InChI is InChI=1S/C18H24N2O8/c1-9-7-20(18(26)19-15(9)22)14-6-12(21)13(28-14)8-27-17(25)11-4-2-10(3-5-11)16(23)24/h7,10-14,21H,2-6,8H2,1H3,(H,23,24)(H,19,22,26)/t10?,11?,12-,13+,14+/m0/s1. The van der Waals surface area contributed by atoms with E-state index in [1.54, 1.807) is 6.92 Å². The molecule has 1 aliphatic carbocycles. The van der Waals surface area contributed by atoms with Gasteiger partial charge in [0.05, 0.1) is 17.9 Å². The third-order valence-electron chi connectivity index (χ3n) is 5.46. The first-order valence-electron chi connectivity index (χ1n) is 9.31. The number of aliphatic hydroxyl groups is 1. The number of esters is 1. The molecule has 28 heavy (non-hydrogen) atoms. The first-order valence-corrected chi connectivity index (χ1v) is 9.31. The van der Waals surface area contributed by atoms with E-state index in [4.69, 9.17) is 14.6 Å². The van der Waals surface area contributed by atoms with Crippen LogP contribution >= 0.6 is 0 Å². The lowest BCUT2D eigenvalue weighted by atomic mass is 9.82. The highest BCUT2D eigenvalue weighted by atomic mass is 16.6. The Balaban J connectivity index is 1.54. The number of carbonyl (C=O) groups is 2. The highest BCUT2D eigenvalue weighted by Crippen LogP contribution is 2.31. The van der Waals surface area contributed by atoms with Crippen molar-refractivity contribution < 1.29 is 29.3 Å². The summed E-state index contributed by atoms with van der Waals surface area (Å²) in [6, 6.07) is 0. The Kier molecular flexibility index (Phi) is 5.99. The number of carbonyl (C=O) groups excluding carboxylic acids is 1. The second kappa shape index (κ2) is 8.27. The van der Waals surface area contributed by atoms with Crippen LogP contribution in [0, 0.1) is 18.8 Å². The lowest BCUT2D eigenvalue weighted by molar-refractivity contribution is -0.158. The second-order valence-electron chi connectivity index (χ2n) is 7.43. The molecule has 2 heterocycles. The van der Waals surface area contributed by atoms with Crippen molar-refractivity contribution in [3.8, 4) is 0 Å². The highest BCUT2D eigenvalue weighted by Gasteiger charge is 2.37. The van der Waals surface area contributed by atoms with E-state index in [0.717, 1.165) is 0 Å². The molecule has 0 unspecified atom stereocenters. The van der Waals surface area contributed by atoms with Gasteiger partial charge in [-0.3, -0.25) is 23.9 Å². The van der Waals surface area contributed by atoms with Crippen LogP contribution in [-0.2, 0) is 19.1 Å². The zero-order valence-electron chi connectivity index (χ0n) is 15.5. The van der Waals surface area contributed by atoms with E-state index in [1.165, 1.54) is 10.8 Å². The Bertz CT molecular complexity index is 852. The Morgan fingerprint density at radius 3 is 2.54 bits per heavy atom. The molecule has 0 spiro atoms. The largest absolute Gasteiger partial charge is 0.481 e. The Hall–Kier alpha value is -2.46. The molecular weight excluding hydrogens is 372 g/mol.